The summed E-state index contributed by atoms with van der Waals surface area (Å²) in [5.74, 6) is 0.969. The van der Waals surface area contributed by atoms with Crippen LogP contribution in [0.5, 0.6) is 5.75 Å². The van der Waals surface area contributed by atoms with Crippen LogP contribution in [0, 0.1) is 0 Å². The van der Waals surface area contributed by atoms with Crippen molar-refractivity contribution in [2.24, 2.45) is 0 Å². The van der Waals surface area contributed by atoms with E-state index in [0.29, 0.717) is 0 Å². The highest BCUT2D eigenvalue weighted by Gasteiger charge is 2.19. The number of benzene rings is 2. The van der Waals surface area contributed by atoms with Crippen LogP contribution < -0.4 is 14.5 Å². The Kier molecular flexibility index (Phi) is 5.64. The maximum atomic E-state index is 5.51. The molecule has 0 spiro atoms. The molecule has 0 atom stereocenters. The molecule has 2 aliphatic rings. The first-order valence-corrected chi connectivity index (χ1v) is 9.93. The molecule has 0 bridgehead atoms. The molecule has 2 heterocycles. The molecule has 4 heteroatoms. The highest BCUT2D eigenvalue weighted by atomic mass is 16.5. The summed E-state index contributed by atoms with van der Waals surface area (Å²) in [5.41, 5.74) is 4.11. The Morgan fingerprint density at radius 3 is 2.33 bits per heavy atom. The molecule has 1 saturated heterocycles. The van der Waals surface area contributed by atoms with Crippen LogP contribution in [0.25, 0.3) is 0 Å². The number of methoxy groups -OCH3 is 1. The normalized spacial score (nSPS) is 17.5. The van der Waals surface area contributed by atoms with Crippen molar-refractivity contribution in [1.82, 2.24) is 4.90 Å². The van der Waals surface area contributed by atoms with Crippen molar-refractivity contribution >= 4 is 11.4 Å². The Labute approximate surface area is 162 Å². The number of hydrogen-bond acceptors (Lipinski definition) is 4. The second-order valence-electron chi connectivity index (χ2n) is 7.26. The lowest BCUT2D eigenvalue weighted by molar-refractivity contribution is 0.282. The lowest BCUT2D eigenvalue weighted by atomic mass is 10.2. The largest absolute Gasteiger partial charge is 0.495 e. The second-order valence-corrected chi connectivity index (χ2v) is 7.26. The van der Waals surface area contributed by atoms with E-state index in [1.807, 2.05) is 12.1 Å². The summed E-state index contributed by atoms with van der Waals surface area (Å²) in [5, 5.41) is 0. The van der Waals surface area contributed by atoms with Crippen LogP contribution in [-0.4, -0.2) is 57.8 Å². The van der Waals surface area contributed by atoms with Crippen LogP contribution >= 0.6 is 0 Å². The van der Waals surface area contributed by atoms with Gasteiger partial charge in [-0.2, -0.15) is 0 Å². The predicted octanol–water partition coefficient (Wildman–Crippen LogP) is 3.44. The number of ether oxygens (including phenoxy) is 1. The third kappa shape index (κ3) is 4.11. The molecule has 2 aromatic rings. The molecule has 142 valence electrons. The standard InChI is InChI=1S/C23H29N3O/c1-27-23-11-5-4-10-22(23)26-18-16-24(17-19-26)13-6-7-14-25-15-12-20-8-2-3-9-21(20)25/h2-11H,12-19H2,1H3/b7-6+. The third-order valence-electron chi connectivity index (χ3n) is 5.64. The van der Waals surface area contributed by atoms with Crippen LogP contribution in [-0.2, 0) is 6.42 Å². The minimum atomic E-state index is 0.969. The zero-order chi connectivity index (χ0) is 18.5. The number of nitrogens with zero attached hydrogens (tertiary/aromatic N) is 3. The van der Waals surface area contributed by atoms with E-state index in [4.69, 9.17) is 4.74 Å². The fourth-order valence-electron chi connectivity index (χ4n) is 4.08. The molecule has 0 saturated carbocycles. The molecule has 0 unspecified atom stereocenters. The van der Waals surface area contributed by atoms with Crippen molar-refractivity contribution < 1.29 is 4.74 Å². The minimum Gasteiger partial charge on any atom is -0.495 e. The first kappa shape index (κ1) is 17.9. The topological polar surface area (TPSA) is 19.0 Å². The fourth-order valence-corrected chi connectivity index (χ4v) is 4.08. The van der Waals surface area contributed by atoms with Gasteiger partial charge in [-0.05, 0) is 30.2 Å². The Hall–Kier alpha value is -2.46. The molecular formula is C23H29N3O. The molecule has 1 fully saturated rings. The van der Waals surface area contributed by atoms with Gasteiger partial charge in [0, 0.05) is 51.5 Å². The van der Waals surface area contributed by atoms with E-state index in [1.54, 1.807) is 7.11 Å². The lowest BCUT2D eigenvalue weighted by Gasteiger charge is -2.36. The van der Waals surface area contributed by atoms with Gasteiger partial charge in [-0.1, -0.05) is 42.5 Å². The number of fused-ring (bicyclic) bond motifs is 1. The van der Waals surface area contributed by atoms with Gasteiger partial charge in [-0.15, -0.1) is 0 Å². The van der Waals surface area contributed by atoms with E-state index in [9.17, 15) is 0 Å². The molecule has 2 aliphatic heterocycles. The zero-order valence-electron chi connectivity index (χ0n) is 16.2. The summed E-state index contributed by atoms with van der Waals surface area (Å²) in [6, 6.07) is 17.1. The SMILES string of the molecule is COc1ccccc1N1CCN(C/C=C/CN2CCc3ccccc32)CC1. The van der Waals surface area contributed by atoms with Crippen LogP contribution in [0.1, 0.15) is 5.56 Å². The highest BCUT2D eigenvalue weighted by molar-refractivity contribution is 5.59. The van der Waals surface area contributed by atoms with Crippen molar-refractivity contribution in [3.63, 3.8) is 0 Å². The number of piperazine rings is 1. The highest BCUT2D eigenvalue weighted by Crippen LogP contribution is 2.28. The Balaban J connectivity index is 1.24. The van der Waals surface area contributed by atoms with Crippen molar-refractivity contribution in [3.8, 4) is 5.75 Å². The van der Waals surface area contributed by atoms with E-state index < -0.39 is 0 Å². The van der Waals surface area contributed by atoms with Gasteiger partial charge in [0.15, 0.2) is 0 Å². The average molecular weight is 364 g/mol. The maximum absolute atomic E-state index is 5.51. The van der Waals surface area contributed by atoms with Crippen LogP contribution in [0.4, 0.5) is 11.4 Å². The monoisotopic (exact) mass is 363 g/mol. The lowest BCUT2D eigenvalue weighted by Crippen LogP contribution is -2.46. The fraction of sp³-hybridized carbons (Fsp3) is 0.391. The third-order valence-corrected chi connectivity index (χ3v) is 5.64. The zero-order valence-corrected chi connectivity index (χ0v) is 16.2. The minimum absolute atomic E-state index is 0.969. The summed E-state index contributed by atoms with van der Waals surface area (Å²) in [6.45, 7) is 7.47. The summed E-state index contributed by atoms with van der Waals surface area (Å²) in [4.78, 5) is 7.44. The van der Waals surface area contributed by atoms with E-state index in [0.717, 1.165) is 51.6 Å². The summed E-state index contributed by atoms with van der Waals surface area (Å²) in [6.07, 6.45) is 5.84. The van der Waals surface area contributed by atoms with Crippen molar-refractivity contribution in [1.29, 1.82) is 0 Å². The van der Waals surface area contributed by atoms with Crippen molar-refractivity contribution in [2.75, 3.05) is 62.7 Å². The average Bonchev–Trinajstić information content (AvgIpc) is 3.15. The molecule has 4 nitrogen and oxygen atoms in total. The Morgan fingerprint density at radius 1 is 0.815 bits per heavy atom. The first-order valence-electron chi connectivity index (χ1n) is 9.93. The molecule has 0 aromatic heterocycles. The van der Waals surface area contributed by atoms with Gasteiger partial charge in [0.05, 0.1) is 12.8 Å². The van der Waals surface area contributed by atoms with Gasteiger partial charge >= 0.3 is 0 Å². The first-order chi connectivity index (χ1) is 13.3. The number of rotatable bonds is 6. The summed E-state index contributed by atoms with van der Waals surface area (Å²) < 4.78 is 5.51. The Bertz CT molecular complexity index is 781. The molecule has 0 radical (unpaired) electrons. The quantitative estimate of drug-likeness (QED) is 0.732. The van der Waals surface area contributed by atoms with E-state index in [-0.39, 0.29) is 0 Å². The van der Waals surface area contributed by atoms with Crippen LogP contribution in [0.15, 0.2) is 60.7 Å². The second kappa shape index (κ2) is 8.49. The summed E-state index contributed by atoms with van der Waals surface area (Å²) >= 11 is 0. The number of anilines is 2. The van der Waals surface area contributed by atoms with Gasteiger partial charge in [0.2, 0.25) is 0 Å². The molecule has 0 N–H and O–H groups in total. The van der Waals surface area contributed by atoms with Gasteiger partial charge in [0.25, 0.3) is 0 Å². The van der Waals surface area contributed by atoms with E-state index in [2.05, 4.69) is 63.2 Å². The maximum Gasteiger partial charge on any atom is 0.142 e. The van der Waals surface area contributed by atoms with Crippen molar-refractivity contribution in [3.05, 3.63) is 66.2 Å². The summed E-state index contributed by atoms with van der Waals surface area (Å²) in [7, 11) is 1.75. The smallest absolute Gasteiger partial charge is 0.142 e. The van der Waals surface area contributed by atoms with Crippen molar-refractivity contribution in [2.45, 2.75) is 6.42 Å². The Morgan fingerprint density at radius 2 is 1.52 bits per heavy atom. The predicted molar refractivity (Wildman–Crippen MR) is 113 cm³/mol. The molecule has 4 rings (SSSR count). The molecule has 27 heavy (non-hydrogen) atoms. The number of hydrogen-bond donors (Lipinski definition) is 0. The van der Waals surface area contributed by atoms with Gasteiger partial charge in [0.1, 0.15) is 5.75 Å². The van der Waals surface area contributed by atoms with Gasteiger partial charge in [-0.3, -0.25) is 4.90 Å². The van der Waals surface area contributed by atoms with E-state index in [1.165, 1.54) is 23.4 Å². The molecule has 0 aliphatic carbocycles. The van der Waals surface area contributed by atoms with Crippen LogP contribution in [0.2, 0.25) is 0 Å². The van der Waals surface area contributed by atoms with Gasteiger partial charge in [-0.25, -0.2) is 0 Å². The molecule has 0 amide bonds. The number of para-hydroxylation sites is 3. The molecular weight excluding hydrogens is 334 g/mol. The van der Waals surface area contributed by atoms with Crippen LogP contribution in [0.3, 0.4) is 0 Å². The molecule has 2 aromatic carbocycles. The van der Waals surface area contributed by atoms with E-state index >= 15 is 0 Å². The van der Waals surface area contributed by atoms with Gasteiger partial charge < -0.3 is 14.5 Å².